The van der Waals surface area contributed by atoms with Crippen LogP contribution in [-0.4, -0.2) is 33.2 Å². The van der Waals surface area contributed by atoms with Crippen LogP contribution in [0.1, 0.15) is 24.7 Å². The van der Waals surface area contributed by atoms with Crippen molar-refractivity contribution < 1.29 is 8.91 Å². The Labute approximate surface area is 171 Å². The number of hydrogen-bond donors (Lipinski definition) is 0. The van der Waals surface area contributed by atoms with Gasteiger partial charge in [0.05, 0.1) is 5.92 Å². The van der Waals surface area contributed by atoms with Gasteiger partial charge >= 0.3 is 0 Å². The Morgan fingerprint density at radius 1 is 1.10 bits per heavy atom. The molecule has 6 nitrogen and oxygen atoms in total. The molecule has 5 rings (SSSR count). The molecule has 0 aliphatic carbocycles. The van der Waals surface area contributed by atoms with Crippen LogP contribution in [0.3, 0.4) is 0 Å². The Morgan fingerprint density at radius 3 is 2.83 bits per heavy atom. The summed E-state index contributed by atoms with van der Waals surface area (Å²) in [6.45, 7) is 1.50. The molecule has 0 saturated carbocycles. The van der Waals surface area contributed by atoms with E-state index in [-0.39, 0.29) is 11.7 Å². The molecule has 1 aliphatic heterocycles. The highest BCUT2D eigenvalue weighted by Gasteiger charge is 2.28. The molecule has 0 bridgehead atoms. The number of para-hydroxylation sites is 1. The fourth-order valence-corrected chi connectivity index (χ4v) is 3.90. The van der Waals surface area contributed by atoms with Gasteiger partial charge in [-0.15, -0.1) is 0 Å². The lowest BCUT2D eigenvalue weighted by Crippen LogP contribution is -2.35. The fraction of sp³-hybridized carbons (Fsp3) is 0.238. The zero-order valence-electron chi connectivity index (χ0n) is 15.4. The van der Waals surface area contributed by atoms with Crippen LogP contribution in [0.2, 0.25) is 5.02 Å². The van der Waals surface area contributed by atoms with Crippen LogP contribution < -0.4 is 4.90 Å². The van der Waals surface area contributed by atoms with Crippen LogP contribution in [0, 0.1) is 5.82 Å². The van der Waals surface area contributed by atoms with E-state index in [4.69, 9.17) is 16.1 Å². The molecule has 0 N–H and O–H groups in total. The number of hydrogen-bond acceptors (Lipinski definition) is 6. The Bertz CT molecular complexity index is 1160. The molecule has 2 aromatic carbocycles. The first-order valence-corrected chi connectivity index (χ1v) is 9.80. The van der Waals surface area contributed by atoms with E-state index >= 15 is 0 Å². The minimum atomic E-state index is -0.343. The van der Waals surface area contributed by atoms with E-state index < -0.39 is 0 Å². The molecule has 146 valence electrons. The van der Waals surface area contributed by atoms with Gasteiger partial charge in [-0.25, -0.2) is 14.4 Å². The Kier molecular flexibility index (Phi) is 4.60. The zero-order chi connectivity index (χ0) is 19.8. The first-order valence-electron chi connectivity index (χ1n) is 9.43. The Morgan fingerprint density at radius 2 is 1.97 bits per heavy atom. The number of nitrogens with zero attached hydrogens (tertiary/aromatic N) is 5. The van der Waals surface area contributed by atoms with E-state index in [9.17, 15) is 4.39 Å². The van der Waals surface area contributed by atoms with Gasteiger partial charge in [0.1, 0.15) is 23.5 Å². The Hall–Kier alpha value is -3.06. The van der Waals surface area contributed by atoms with E-state index in [1.807, 2.05) is 18.2 Å². The lowest BCUT2D eigenvalue weighted by molar-refractivity contribution is 0.333. The molecule has 0 spiro atoms. The van der Waals surface area contributed by atoms with Crippen molar-refractivity contribution in [3.63, 3.8) is 0 Å². The number of halogens is 2. The molecule has 1 aliphatic rings. The second kappa shape index (κ2) is 7.40. The van der Waals surface area contributed by atoms with Crippen LogP contribution in [0.25, 0.3) is 22.3 Å². The van der Waals surface area contributed by atoms with Gasteiger partial charge in [0.2, 0.25) is 11.7 Å². The highest BCUT2D eigenvalue weighted by atomic mass is 35.5. The number of rotatable bonds is 3. The quantitative estimate of drug-likeness (QED) is 0.481. The van der Waals surface area contributed by atoms with Gasteiger partial charge in [0.15, 0.2) is 0 Å². The third kappa shape index (κ3) is 3.42. The van der Waals surface area contributed by atoms with Gasteiger partial charge in [0.25, 0.3) is 0 Å². The van der Waals surface area contributed by atoms with Gasteiger partial charge in [-0.3, -0.25) is 0 Å². The van der Waals surface area contributed by atoms with Crippen molar-refractivity contribution in [1.29, 1.82) is 0 Å². The number of fused-ring (bicyclic) bond motifs is 1. The highest BCUT2D eigenvalue weighted by Crippen LogP contribution is 2.32. The molecule has 29 heavy (non-hydrogen) atoms. The molecule has 1 fully saturated rings. The summed E-state index contributed by atoms with van der Waals surface area (Å²) in [6.07, 6.45) is 3.30. The smallest absolute Gasteiger partial charge is 0.231 e. The summed E-state index contributed by atoms with van der Waals surface area (Å²) in [5.41, 5.74) is 1.19. The van der Waals surface area contributed by atoms with Crippen molar-refractivity contribution in [2.75, 3.05) is 18.0 Å². The predicted octanol–water partition coefficient (Wildman–Crippen LogP) is 4.86. The maximum atomic E-state index is 14.1. The molecular weight excluding hydrogens is 393 g/mol. The Balaban J connectivity index is 1.42. The third-order valence-corrected chi connectivity index (χ3v) is 5.46. The summed E-state index contributed by atoms with van der Waals surface area (Å²) in [4.78, 5) is 15.3. The van der Waals surface area contributed by atoms with Crippen LogP contribution in [0.5, 0.6) is 0 Å². The molecule has 4 aromatic rings. The van der Waals surface area contributed by atoms with Gasteiger partial charge in [-0.1, -0.05) is 22.8 Å². The summed E-state index contributed by atoms with van der Waals surface area (Å²) in [5, 5.41) is 5.50. The van der Waals surface area contributed by atoms with E-state index in [1.165, 1.54) is 12.4 Å². The molecule has 3 heterocycles. The van der Waals surface area contributed by atoms with Crippen molar-refractivity contribution in [2.45, 2.75) is 18.8 Å². The van der Waals surface area contributed by atoms with Crippen molar-refractivity contribution in [1.82, 2.24) is 20.1 Å². The minimum absolute atomic E-state index is 0.0795. The normalized spacial score (nSPS) is 17.0. The highest BCUT2D eigenvalue weighted by molar-refractivity contribution is 6.30. The fourth-order valence-electron chi connectivity index (χ4n) is 3.78. The summed E-state index contributed by atoms with van der Waals surface area (Å²) < 4.78 is 19.7. The topological polar surface area (TPSA) is 67.9 Å². The largest absolute Gasteiger partial charge is 0.355 e. The van der Waals surface area contributed by atoms with Gasteiger partial charge < -0.3 is 9.42 Å². The first kappa shape index (κ1) is 18.0. The van der Waals surface area contributed by atoms with Gasteiger partial charge in [0, 0.05) is 29.1 Å². The molecule has 1 atom stereocenters. The van der Waals surface area contributed by atoms with Crippen LogP contribution in [0.15, 0.2) is 53.3 Å². The van der Waals surface area contributed by atoms with Crippen molar-refractivity contribution in [3.8, 4) is 11.4 Å². The van der Waals surface area contributed by atoms with Crippen LogP contribution in [-0.2, 0) is 0 Å². The molecule has 8 heteroatoms. The number of aromatic nitrogens is 4. The molecule has 1 saturated heterocycles. The maximum absolute atomic E-state index is 14.1. The molecule has 1 unspecified atom stereocenters. The van der Waals surface area contributed by atoms with Crippen molar-refractivity contribution >= 4 is 28.3 Å². The minimum Gasteiger partial charge on any atom is -0.355 e. The van der Waals surface area contributed by atoms with E-state index in [1.54, 1.807) is 18.2 Å². The third-order valence-electron chi connectivity index (χ3n) is 5.21. The summed E-state index contributed by atoms with van der Waals surface area (Å²) in [7, 11) is 0. The monoisotopic (exact) mass is 409 g/mol. The van der Waals surface area contributed by atoms with Gasteiger partial charge in [-0.2, -0.15) is 4.98 Å². The predicted molar refractivity (Wildman–Crippen MR) is 108 cm³/mol. The summed E-state index contributed by atoms with van der Waals surface area (Å²) in [5.74, 6) is 1.62. The van der Waals surface area contributed by atoms with Crippen molar-refractivity contribution in [2.24, 2.45) is 0 Å². The lowest BCUT2D eigenvalue weighted by Gasteiger charge is -2.32. The second-order valence-corrected chi connectivity index (χ2v) is 7.52. The SMILES string of the molecule is Fc1cccc2c(N3CCCC(c4nc(-c5ccc(Cl)cc5)no4)C3)ncnc12. The van der Waals surface area contributed by atoms with Crippen LogP contribution >= 0.6 is 11.6 Å². The van der Waals surface area contributed by atoms with Crippen molar-refractivity contribution in [3.05, 3.63) is 65.5 Å². The summed E-state index contributed by atoms with van der Waals surface area (Å²) in [6, 6.07) is 12.3. The second-order valence-electron chi connectivity index (χ2n) is 7.08. The average Bonchev–Trinajstić information content (AvgIpc) is 3.25. The summed E-state index contributed by atoms with van der Waals surface area (Å²) >= 11 is 5.95. The average molecular weight is 410 g/mol. The van der Waals surface area contributed by atoms with E-state index in [2.05, 4.69) is 25.0 Å². The molecular formula is C21H17ClFN5O. The zero-order valence-corrected chi connectivity index (χ0v) is 16.2. The van der Waals surface area contributed by atoms with Gasteiger partial charge in [-0.05, 0) is 49.2 Å². The molecule has 0 radical (unpaired) electrons. The van der Waals surface area contributed by atoms with E-state index in [0.29, 0.717) is 34.2 Å². The number of piperidine rings is 1. The van der Waals surface area contributed by atoms with Crippen LogP contribution in [0.4, 0.5) is 10.2 Å². The molecule has 0 amide bonds. The maximum Gasteiger partial charge on any atom is 0.231 e. The standard InChI is InChI=1S/C21H17ClFN5O/c22-15-8-6-13(7-9-15)19-26-21(29-27-19)14-3-2-10-28(11-14)20-16-4-1-5-17(23)18(16)24-12-25-20/h1,4-9,12,14H,2-3,10-11H2. The van der Waals surface area contributed by atoms with E-state index in [0.717, 1.165) is 30.8 Å². The lowest BCUT2D eigenvalue weighted by atomic mass is 9.97. The first-order chi connectivity index (χ1) is 14.2. The number of anilines is 1. The molecule has 2 aromatic heterocycles. The number of benzene rings is 2.